The highest BCUT2D eigenvalue weighted by Crippen LogP contribution is 2.16. The van der Waals surface area contributed by atoms with Crippen molar-refractivity contribution in [3.63, 3.8) is 0 Å². The third-order valence-corrected chi connectivity index (χ3v) is 2.20. The SMILES string of the molecule is O=CC#Cc1cccc(Nc2ccccc2)c1. The van der Waals surface area contributed by atoms with Gasteiger partial charge in [0.1, 0.15) is 0 Å². The molecule has 2 aromatic rings. The van der Waals surface area contributed by atoms with Crippen molar-refractivity contribution in [3.05, 3.63) is 60.2 Å². The minimum atomic E-state index is 0.595. The lowest BCUT2D eigenvalue weighted by Gasteiger charge is -2.05. The Balaban J connectivity index is 2.19. The normalized spacial score (nSPS) is 8.94. The van der Waals surface area contributed by atoms with Crippen LogP contribution in [0.1, 0.15) is 5.56 Å². The highest BCUT2D eigenvalue weighted by atomic mass is 16.1. The summed E-state index contributed by atoms with van der Waals surface area (Å²) in [6, 6.07) is 17.5. The zero-order valence-electron chi connectivity index (χ0n) is 9.18. The van der Waals surface area contributed by atoms with Crippen molar-refractivity contribution in [3.8, 4) is 11.8 Å². The fraction of sp³-hybridized carbons (Fsp3) is 0. The van der Waals surface area contributed by atoms with Crippen LogP contribution in [-0.4, -0.2) is 6.29 Å². The maximum Gasteiger partial charge on any atom is 0.193 e. The van der Waals surface area contributed by atoms with Crippen molar-refractivity contribution in [2.45, 2.75) is 0 Å². The van der Waals surface area contributed by atoms with E-state index in [4.69, 9.17) is 0 Å². The first-order valence-electron chi connectivity index (χ1n) is 5.26. The molecular formula is C15H11NO. The minimum absolute atomic E-state index is 0.595. The van der Waals surface area contributed by atoms with E-state index in [0.29, 0.717) is 6.29 Å². The summed E-state index contributed by atoms with van der Waals surface area (Å²) in [7, 11) is 0. The first-order valence-corrected chi connectivity index (χ1v) is 5.26. The second-order valence-electron chi connectivity index (χ2n) is 3.46. The van der Waals surface area contributed by atoms with E-state index in [1.807, 2.05) is 54.6 Å². The molecule has 1 N–H and O–H groups in total. The molecule has 2 nitrogen and oxygen atoms in total. The molecule has 0 fully saturated rings. The second kappa shape index (κ2) is 5.53. The van der Waals surface area contributed by atoms with Gasteiger partial charge < -0.3 is 5.32 Å². The van der Waals surface area contributed by atoms with Crippen LogP contribution in [0.2, 0.25) is 0 Å². The Hall–Kier alpha value is -2.53. The quantitative estimate of drug-likeness (QED) is 0.624. The molecule has 2 rings (SSSR count). The van der Waals surface area contributed by atoms with Gasteiger partial charge in [0.15, 0.2) is 6.29 Å². The Morgan fingerprint density at radius 3 is 2.47 bits per heavy atom. The second-order valence-corrected chi connectivity index (χ2v) is 3.46. The van der Waals surface area contributed by atoms with Gasteiger partial charge in [-0.1, -0.05) is 30.2 Å². The van der Waals surface area contributed by atoms with Gasteiger partial charge in [0.25, 0.3) is 0 Å². The summed E-state index contributed by atoms with van der Waals surface area (Å²) in [5.74, 6) is 5.16. The van der Waals surface area contributed by atoms with E-state index in [0.717, 1.165) is 16.9 Å². The number of rotatable bonds is 2. The van der Waals surface area contributed by atoms with Gasteiger partial charge in [-0.15, -0.1) is 0 Å². The van der Waals surface area contributed by atoms with Gasteiger partial charge >= 0.3 is 0 Å². The van der Waals surface area contributed by atoms with Gasteiger partial charge in [0.05, 0.1) is 0 Å². The third-order valence-electron chi connectivity index (χ3n) is 2.20. The molecule has 0 radical (unpaired) electrons. The van der Waals surface area contributed by atoms with E-state index < -0.39 is 0 Å². The van der Waals surface area contributed by atoms with Crippen molar-refractivity contribution in [2.75, 3.05) is 5.32 Å². The number of aldehydes is 1. The lowest BCUT2D eigenvalue weighted by atomic mass is 10.2. The Bertz CT molecular complexity index is 564. The molecule has 0 saturated carbocycles. The minimum Gasteiger partial charge on any atom is -0.355 e. The summed E-state index contributed by atoms with van der Waals surface area (Å²) < 4.78 is 0. The molecule has 0 amide bonds. The summed E-state index contributed by atoms with van der Waals surface area (Å²) in [5.41, 5.74) is 2.79. The van der Waals surface area contributed by atoms with Crippen molar-refractivity contribution in [1.82, 2.24) is 0 Å². The van der Waals surface area contributed by atoms with Crippen LogP contribution in [0.15, 0.2) is 54.6 Å². The summed E-state index contributed by atoms with van der Waals surface area (Å²) >= 11 is 0. The molecule has 17 heavy (non-hydrogen) atoms. The maximum atomic E-state index is 10.2. The molecule has 0 unspecified atom stereocenters. The van der Waals surface area contributed by atoms with Crippen molar-refractivity contribution in [1.29, 1.82) is 0 Å². The van der Waals surface area contributed by atoms with Crippen LogP contribution in [-0.2, 0) is 4.79 Å². The fourth-order valence-corrected chi connectivity index (χ4v) is 1.48. The van der Waals surface area contributed by atoms with E-state index in [1.165, 1.54) is 0 Å². The van der Waals surface area contributed by atoms with E-state index in [9.17, 15) is 4.79 Å². The van der Waals surface area contributed by atoms with Gasteiger partial charge in [0, 0.05) is 16.9 Å². The lowest BCUT2D eigenvalue weighted by Crippen LogP contribution is -1.89. The van der Waals surface area contributed by atoms with Gasteiger partial charge in [-0.05, 0) is 36.3 Å². The van der Waals surface area contributed by atoms with E-state index in [2.05, 4.69) is 17.2 Å². The molecule has 0 bridgehead atoms. The molecule has 0 atom stereocenters. The first-order chi connectivity index (χ1) is 8.38. The molecule has 0 saturated heterocycles. The Morgan fingerprint density at radius 1 is 0.941 bits per heavy atom. The van der Waals surface area contributed by atoms with Crippen LogP contribution in [0.25, 0.3) is 0 Å². The Labute approximate surface area is 100 Å². The van der Waals surface area contributed by atoms with Crippen LogP contribution >= 0.6 is 0 Å². The molecule has 2 heteroatoms. The molecule has 0 aliphatic heterocycles. The van der Waals surface area contributed by atoms with Crippen LogP contribution < -0.4 is 5.32 Å². The number of hydrogen-bond donors (Lipinski definition) is 1. The summed E-state index contributed by atoms with van der Waals surface area (Å²) in [6.45, 7) is 0. The van der Waals surface area contributed by atoms with E-state index in [1.54, 1.807) is 0 Å². The molecule has 0 spiro atoms. The van der Waals surface area contributed by atoms with Crippen LogP contribution in [0.4, 0.5) is 11.4 Å². The molecule has 0 aliphatic rings. The number of para-hydroxylation sites is 1. The molecule has 0 aromatic heterocycles. The standard InChI is InChI=1S/C15H11NO/c17-11-5-7-13-6-4-10-15(12-13)16-14-8-2-1-3-9-14/h1-4,6,8-12,16H. The largest absolute Gasteiger partial charge is 0.355 e. The average Bonchev–Trinajstić information content (AvgIpc) is 2.38. The van der Waals surface area contributed by atoms with Gasteiger partial charge in [-0.2, -0.15) is 0 Å². The molecule has 0 heterocycles. The summed E-state index contributed by atoms with van der Waals surface area (Å²) in [4.78, 5) is 10.2. The summed E-state index contributed by atoms with van der Waals surface area (Å²) in [5, 5.41) is 3.26. The van der Waals surface area contributed by atoms with Gasteiger partial charge in [-0.3, -0.25) is 4.79 Å². The molecule has 0 aliphatic carbocycles. The Kier molecular flexibility index (Phi) is 3.57. The predicted molar refractivity (Wildman–Crippen MR) is 69.1 cm³/mol. The zero-order valence-corrected chi connectivity index (χ0v) is 9.18. The maximum absolute atomic E-state index is 10.2. The van der Waals surface area contributed by atoms with Crippen LogP contribution in [0.3, 0.4) is 0 Å². The topological polar surface area (TPSA) is 29.1 Å². The summed E-state index contributed by atoms with van der Waals surface area (Å²) in [6.07, 6.45) is 0.595. The van der Waals surface area contributed by atoms with Crippen LogP contribution in [0, 0.1) is 11.8 Å². The van der Waals surface area contributed by atoms with Crippen LogP contribution in [0.5, 0.6) is 0 Å². The van der Waals surface area contributed by atoms with E-state index in [-0.39, 0.29) is 0 Å². The molecular weight excluding hydrogens is 210 g/mol. The number of anilines is 2. The predicted octanol–water partition coefficient (Wildman–Crippen LogP) is 2.98. The first kappa shape index (κ1) is 11.0. The smallest absolute Gasteiger partial charge is 0.193 e. The number of benzene rings is 2. The fourth-order valence-electron chi connectivity index (χ4n) is 1.48. The number of carbonyl (C=O) groups is 1. The van der Waals surface area contributed by atoms with Crippen molar-refractivity contribution >= 4 is 17.7 Å². The zero-order chi connectivity index (χ0) is 11.9. The number of hydrogen-bond acceptors (Lipinski definition) is 2. The third kappa shape index (κ3) is 3.22. The highest BCUT2D eigenvalue weighted by molar-refractivity contribution is 5.74. The lowest BCUT2D eigenvalue weighted by molar-refractivity contribution is -0.103. The number of carbonyl (C=O) groups excluding carboxylic acids is 1. The monoisotopic (exact) mass is 221 g/mol. The van der Waals surface area contributed by atoms with E-state index >= 15 is 0 Å². The van der Waals surface area contributed by atoms with Gasteiger partial charge in [-0.25, -0.2) is 0 Å². The highest BCUT2D eigenvalue weighted by Gasteiger charge is 1.94. The molecule has 82 valence electrons. The van der Waals surface area contributed by atoms with Crippen molar-refractivity contribution in [2.24, 2.45) is 0 Å². The van der Waals surface area contributed by atoms with Crippen molar-refractivity contribution < 1.29 is 4.79 Å². The van der Waals surface area contributed by atoms with Gasteiger partial charge in [0.2, 0.25) is 0 Å². The Morgan fingerprint density at radius 2 is 1.71 bits per heavy atom. The average molecular weight is 221 g/mol. The number of nitrogens with one attached hydrogen (secondary N) is 1. The molecule has 2 aromatic carbocycles.